The molecule has 0 spiro atoms. The normalized spacial score (nSPS) is 10.1. The number of hydrogen-bond donors (Lipinski definition) is 1. The van der Waals surface area contributed by atoms with Crippen LogP contribution >= 0.6 is 0 Å². The summed E-state index contributed by atoms with van der Waals surface area (Å²) in [6.45, 7) is 10.1. The monoisotopic (exact) mass is 221 g/mol. The van der Waals surface area contributed by atoms with Crippen molar-refractivity contribution in [2.24, 2.45) is 0 Å². The molecule has 0 amide bonds. The second-order valence-electron chi connectivity index (χ2n) is 3.68. The number of nitrogens with zero attached hydrogens (tertiary/aromatic N) is 2. The smallest absolute Gasteiger partial charge is 0.232 e. The predicted octanol–water partition coefficient (Wildman–Crippen LogP) is 1.93. The Morgan fingerprint density at radius 2 is 2.25 bits per heavy atom. The molecule has 1 aromatic rings. The van der Waals surface area contributed by atoms with Crippen molar-refractivity contribution in [2.45, 2.75) is 26.8 Å². The van der Waals surface area contributed by atoms with Gasteiger partial charge in [-0.2, -0.15) is 0 Å². The van der Waals surface area contributed by atoms with Gasteiger partial charge in [-0.05, 0) is 13.5 Å². The number of hydrogen-bond acceptors (Lipinski definition) is 4. The zero-order valence-electron chi connectivity index (χ0n) is 9.99. The Morgan fingerprint density at radius 1 is 1.44 bits per heavy atom. The fraction of sp³-hybridized carbons (Fsp3) is 0.500. The van der Waals surface area contributed by atoms with Gasteiger partial charge in [-0.3, -0.25) is 4.98 Å². The van der Waals surface area contributed by atoms with E-state index in [2.05, 4.69) is 28.8 Å². The number of aromatic nitrogens is 2. The summed E-state index contributed by atoms with van der Waals surface area (Å²) >= 11 is 0. The van der Waals surface area contributed by atoms with Crippen molar-refractivity contribution in [2.75, 3.05) is 13.2 Å². The maximum Gasteiger partial charge on any atom is 0.232 e. The third kappa shape index (κ3) is 4.89. The molecule has 0 unspecified atom stereocenters. The van der Waals surface area contributed by atoms with E-state index in [9.17, 15) is 0 Å². The summed E-state index contributed by atoms with van der Waals surface area (Å²) in [5.74, 6) is 0.571. The van der Waals surface area contributed by atoms with Crippen molar-refractivity contribution in [3.63, 3.8) is 0 Å². The molecule has 0 bridgehead atoms. The van der Waals surface area contributed by atoms with E-state index in [0.29, 0.717) is 12.5 Å². The van der Waals surface area contributed by atoms with Gasteiger partial charge in [0, 0.05) is 13.0 Å². The first-order chi connectivity index (χ1) is 7.72. The fourth-order valence-electron chi connectivity index (χ4n) is 1.09. The molecular formula is C12H19N3O. The molecule has 0 radical (unpaired) electrons. The molecule has 88 valence electrons. The van der Waals surface area contributed by atoms with Gasteiger partial charge in [0.1, 0.15) is 0 Å². The molecule has 16 heavy (non-hydrogen) atoms. The lowest BCUT2D eigenvalue weighted by molar-refractivity contribution is 0.307. The summed E-state index contributed by atoms with van der Waals surface area (Å²) in [6.07, 6.45) is 4.24. The predicted molar refractivity (Wildman–Crippen MR) is 64.3 cm³/mol. The van der Waals surface area contributed by atoms with Gasteiger partial charge in [-0.25, -0.2) is 4.98 Å². The molecule has 1 rings (SSSR count). The molecule has 0 atom stereocenters. The topological polar surface area (TPSA) is 47.0 Å². The fourth-order valence-corrected chi connectivity index (χ4v) is 1.09. The zero-order chi connectivity index (χ0) is 11.8. The minimum absolute atomic E-state index is 0.571. The van der Waals surface area contributed by atoms with Gasteiger partial charge >= 0.3 is 0 Å². The third-order valence-electron chi connectivity index (χ3n) is 2.02. The van der Waals surface area contributed by atoms with Gasteiger partial charge in [-0.1, -0.05) is 12.5 Å². The average molecular weight is 221 g/mol. The van der Waals surface area contributed by atoms with E-state index in [4.69, 9.17) is 4.74 Å². The van der Waals surface area contributed by atoms with E-state index < -0.39 is 0 Å². The number of ether oxygens (including phenoxy) is 1. The van der Waals surface area contributed by atoms with Crippen LogP contribution in [0.2, 0.25) is 0 Å². The Kier molecular flexibility index (Phi) is 5.50. The van der Waals surface area contributed by atoms with Crippen molar-refractivity contribution in [1.29, 1.82) is 0 Å². The molecule has 0 fully saturated rings. The molecule has 1 aromatic heterocycles. The van der Waals surface area contributed by atoms with Crippen LogP contribution in [-0.4, -0.2) is 23.1 Å². The second kappa shape index (κ2) is 6.95. The van der Waals surface area contributed by atoms with Gasteiger partial charge in [0.2, 0.25) is 5.88 Å². The van der Waals surface area contributed by atoms with Gasteiger partial charge in [-0.15, -0.1) is 6.58 Å². The van der Waals surface area contributed by atoms with Crippen molar-refractivity contribution < 1.29 is 4.74 Å². The highest BCUT2D eigenvalue weighted by atomic mass is 16.5. The van der Waals surface area contributed by atoms with Crippen LogP contribution in [-0.2, 0) is 6.54 Å². The van der Waals surface area contributed by atoms with E-state index in [0.717, 1.165) is 30.8 Å². The molecule has 0 saturated heterocycles. The molecule has 0 aliphatic heterocycles. The SMILES string of the molecule is C=C(C)CCOc1cnc(CNCC)cn1. The maximum absolute atomic E-state index is 5.42. The summed E-state index contributed by atoms with van der Waals surface area (Å²) in [4.78, 5) is 8.42. The standard InChI is InChI=1S/C12H19N3O/c1-4-13-7-11-8-15-12(9-14-11)16-6-5-10(2)3/h8-9,13H,2,4-7H2,1,3H3. The van der Waals surface area contributed by atoms with E-state index in [-0.39, 0.29) is 0 Å². The summed E-state index contributed by atoms with van der Waals surface area (Å²) < 4.78 is 5.42. The summed E-state index contributed by atoms with van der Waals surface area (Å²) in [5, 5.41) is 3.19. The number of rotatable bonds is 7. The molecule has 1 heterocycles. The summed E-state index contributed by atoms with van der Waals surface area (Å²) in [5.41, 5.74) is 2.03. The number of nitrogens with one attached hydrogen (secondary N) is 1. The van der Waals surface area contributed by atoms with Crippen LogP contribution in [0.3, 0.4) is 0 Å². The highest BCUT2D eigenvalue weighted by Crippen LogP contribution is 2.05. The first-order valence-electron chi connectivity index (χ1n) is 5.51. The van der Waals surface area contributed by atoms with Crippen LogP contribution in [0, 0.1) is 0 Å². The van der Waals surface area contributed by atoms with Crippen molar-refractivity contribution in [3.8, 4) is 5.88 Å². The summed E-state index contributed by atoms with van der Waals surface area (Å²) in [6, 6.07) is 0. The van der Waals surface area contributed by atoms with Gasteiger partial charge in [0.15, 0.2) is 0 Å². The highest BCUT2D eigenvalue weighted by molar-refractivity contribution is 5.07. The van der Waals surface area contributed by atoms with E-state index in [1.807, 2.05) is 6.92 Å². The second-order valence-corrected chi connectivity index (χ2v) is 3.68. The van der Waals surface area contributed by atoms with E-state index in [1.54, 1.807) is 12.4 Å². The Morgan fingerprint density at radius 3 is 2.81 bits per heavy atom. The molecule has 0 aliphatic carbocycles. The van der Waals surface area contributed by atoms with Crippen LogP contribution in [0.5, 0.6) is 5.88 Å². The lowest BCUT2D eigenvalue weighted by Crippen LogP contribution is -2.13. The zero-order valence-corrected chi connectivity index (χ0v) is 9.99. The van der Waals surface area contributed by atoms with Gasteiger partial charge < -0.3 is 10.1 Å². The van der Waals surface area contributed by atoms with Crippen LogP contribution in [0.25, 0.3) is 0 Å². The van der Waals surface area contributed by atoms with E-state index >= 15 is 0 Å². The Bertz CT molecular complexity index is 322. The highest BCUT2D eigenvalue weighted by Gasteiger charge is 1.98. The molecular weight excluding hydrogens is 202 g/mol. The first kappa shape index (κ1) is 12.6. The average Bonchev–Trinajstić information content (AvgIpc) is 2.27. The molecule has 4 nitrogen and oxygen atoms in total. The van der Waals surface area contributed by atoms with Crippen LogP contribution < -0.4 is 10.1 Å². The minimum atomic E-state index is 0.571. The van der Waals surface area contributed by atoms with Crippen molar-refractivity contribution in [3.05, 3.63) is 30.2 Å². The van der Waals surface area contributed by atoms with E-state index in [1.165, 1.54) is 0 Å². The Hall–Kier alpha value is -1.42. The molecule has 0 aromatic carbocycles. The largest absolute Gasteiger partial charge is 0.476 e. The Balaban J connectivity index is 2.36. The molecule has 4 heteroatoms. The van der Waals surface area contributed by atoms with Gasteiger partial charge in [0.25, 0.3) is 0 Å². The minimum Gasteiger partial charge on any atom is -0.476 e. The van der Waals surface area contributed by atoms with Crippen LogP contribution in [0.4, 0.5) is 0 Å². The molecule has 0 saturated carbocycles. The quantitative estimate of drug-likeness (QED) is 0.715. The van der Waals surface area contributed by atoms with Gasteiger partial charge in [0.05, 0.1) is 24.7 Å². The van der Waals surface area contributed by atoms with Crippen LogP contribution in [0.15, 0.2) is 24.5 Å². The maximum atomic E-state index is 5.42. The summed E-state index contributed by atoms with van der Waals surface area (Å²) in [7, 11) is 0. The van der Waals surface area contributed by atoms with Crippen molar-refractivity contribution >= 4 is 0 Å². The lowest BCUT2D eigenvalue weighted by atomic mass is 10.3. The first-order valence-corrected chi connectivity index (χ1v) is 5.51. The third-order valence-corrected chi connectivity index (χ3v) is 2.02. The van der Waals surface area contributed by atoms with Crippen LogP contribution in [0.1, 0.15) is 26.0 Å². The molecule has 1 N–H and O–H groups in total. The molecule has 0 aliphatic rings. The Labute approximate surface area is 96.8 Å². The van der Waals surface area contributed by atoms with Crippen molar-refractivity contribution in [1.82, 2.24) is 15.3 Å². The lowest BCUT2D eigenvalue weighted by Gasteiger charge is -2.05.